The Hall–Kier alpha value is -2.78. The number of benzene rings is 2. The van der Waals surface area contributed by atoms with Crippen molar-refractivity contribution < 1.29 is 17.9 Å². The number of hydrogen-bond acceptors (Lipinski definition) is 5. The van der Waals surface area contributed by atoms with Crippen molar-refractivity contribution in [1.82, 2.24) is 13.9 Å². The number of rotatable bonds is 5. The van der Waals surface area contributed by atoms with E-state index in [0.29, 0.717) is 37.4 Å². The highest BCUT2D eigenvalue weighted by atomic mass is 32.2. The first-order valence-electron chi connectivity index (χ1n) is 9.37. The summed E-state index contributed by atoms with van der Waals surface area (Å²) in [6.07, 6.45) is 1.13. The fraction of sp³-hybridized carbons (Fsp3) is 0.350. The van der Waals surface area contributed by atoms with Crippen molar-refractivity contribution in [3.05, 3.63) is 52.9 Å². The highest BCUT2D eigenvalue weighted by molar-refractivity contribution is 7.89. The molecule has 0 radical (unpaired) electrons. The molecule has 1 fully saturated rings. The highest BCUT2D eigenvalue weighted by Gasteiger charge is 2.31. The van der Waals surface area contributed by atoms with E-state index in [-0.39, 0.29) is 16.6 Å². The largest absolute Gasteiger partial charge is 0.493 e. The number of nitrogens with one attached hydrogen (secondary N) is 1. The van der Waals surface area contributed by atoms with Crippen LogP contribution in [0.3, 0.4) is 0 Å². The Morgan fingerprint density at radius 2 is 1.69 bits per heavy atom. The van der Waals surface area contributed by atoms with E-state index in [1.165, 1.54) is 30.7 Å². The van der Waals surface area contributed by atoms with Gasteiger partial charge in [0.1, 0.15) is 0 Å². The molecular weight excluding hydrogens is 394 g/mol. The van der Waals surface area contributed by atoms with Crippen LogP contribution in [0.2, 0.25) is 0 Å². The SMILES string of the molecule is COc1ccc(S(=O)(=O)N2CCC(n3c(=O)[nH]c4ccccc43)CC2)cc1OC. The number of sulfonamides is 1. The highest BCUT2D eigenvalue weighted by Crippen LogP contribution is 2.33. The Morgan fingerprint density at radius 3 is 2.38 bits per heavy atom. The predicted octanol–water partition coefficient (Wildman–Crippen LogP) is 2.37. The van der Waals surface area contributed by atoms with E-state index in [1.54, 1.807) is 10.6 Å². The van der Waals surface area contributed by atoms with Gasteiger partial charge in [0.15, 0.2) is 11.5 Å². The van der Waals surface area contributed by atoms with E-state index in [2.05, 4.69) is 4.98 Å². The summed E-state index contributed by atoms with van der Waals surface area (Å²) in [4.78, 5) is 15.4. The van der Waals surface area contributed by atoms with Crippen molar-refractivity contribution in [3.8, 4) is 11.5 Å². The van der Waals surface area contributed by atoms with E-state index in [9.17, 15) is 13.2 Å². The van der Waals surface area contributed by atoms with Gasteiger partial charge in [0, 0.05) is 25.2 Å². The predicted molar refractivity (Wildman–Crippen MR) is 109 cm³/mol. The zero-order valence-electron chi connectivity index (χ0n) is 16.3. The molecule has 2 heterocycles. The third-order valence-corrected chi connectivity index (χ3v) is 7.30. The molecule has 1 aliphatic rings. The topological polar surface area (TPSA) is 93.6 Å². The Balaban J connectivity index is 1.56. The quantitative estimate of drug-likeness (QED) is 0.688. The number of H-pyrrole nitrogens is 1. The lowest BCUT2D eigenvalue weighted by atomic mass is 10.1. The number of aromatic nitrogens is 2. The lowest BCUT2D eigenvalue weighted by Gasteiger charge is -2.31. The minimum absolute atomic E-state index is 0.0458. The molecule has 154 valence electrons. The number of hydrogen-bond donors (Lipinski definition) is 1. The Bertz CT molecular complexity index is 1190. The number of methoxy groups -OCH3 is 2. The molecule has 0 bridgehead atoms. The van der Waals surface area contributed by atoms with Gasteiger partial charge in [-0.15, -0.1) is 0 Å². The first kappa shape index (κ1) is 19.5. The van der Waals surface area contributed by atoms with Crippen molar-refractivity contribution in [2.75, 3.05) is 27.3 Å². The number of nitrogens with zero attached hydrogens (tertiary/aromatic N) is 2. The fourth-order valence-corrected chi connectivity index (χ4v) is 5.39. The zero-order valence-corrected chi connectivity index (χ0v) is 17.1. The van der Waals surface area contributed by atoms with Crippen LogP contribution in [-0.2, 0) is 10.0 Å². The number of imidazole rings is 1. The van der Waals surface area contributed by atoms with E-state index in [4.69, 9.17) is 9.47 Å². The summed E-state index contributed by atoms with van der Waals surface area (Å²) in [6, 6.07) is 12.1. The molecule has 3 aromatic rings. The molecule has 9 heteroatoms. The maximum atomic E-state index is 13.1. The second-order valence-corrected chi connectivity index (χ2v) is 8.91. The molecule has 0 aliphatic carbocycles. The third-order valence-electron chi connectivity index (χ3n) is 5.41. The van der Waals surface area contributed by atoms with Gasteiger partial charge in [-0.2, -0.15) is 4.31 Å². The van der Waals surface area contributed by atoms with Gasteiger partial charge in [-0.1, -0.05) is 12.1 Å². The summed E-state index contributed by atoms with van der Waals surface area (Å²) in [5.41, 5.74) is 1.48. The standard InChI is InChI=1S/C20H23N3O5S/c1-27-18-8-7-15(13-19(18)28-2)29(25,26)22-11-9-14(10-12-22)23-17-6-4-3-5-16(17)21-20(23)24/h3-8,13-14H,9-12H2,1-2H3,(H,21,24). The van der Waals surface area contributed by atoms with Gasteiger partial charge >= 0.3 is 5.69 Å². The molecule has 1 aromatic heterocycles. The summed E-state index contributed by atoms with van der Waals surface area (Å²) in [6.45, 7) is 0.681. The van der Waals surface area contributed by atoms with Crippen molar-refractivity contribution in [2.45, 2.75) is 23.8 Å². The van der Waals surface area contributed by atoms with Gasteiger partial charge in [-0.25, -0.2) is 13.2 Å². The van der Waals surface area contributed by atoms with Crippen LogP contribution in [-0.4, -0.2) is 49.6 Å². The molecule has 1 N–H and O–H groups in total. The minimum Gasteiger partial charge on any atom is -0.493 e. The van der Waals surface area contributed by atoms with Crippen LogP contribution in [0.5, 0.6) is 11.5 Å². The molecule has 0 saturated carbocycles. The summed E-state index contributed by atoms with van der Waals surface area (Å²) in [5, 5.41) is 0. The lowest BCUT2D eigenvalue weighted by Crippen LogP contribution is -2.40. The number of fused-ring (bicyclic) bond motifs is 1. The second-order valence-electron chi connectivity index (χ2n) is 6.97. The van der Waals surface area contributed by atoms with Crippen LogP contribution in [0, 0.1) is 0 Å². The molecule has 2 aromatic carbocycles. The van der Waals surface area contributed by atoms with Crippen molar-refractivity contribution >= 4 is 21.1 Å². The lowest BCUT2D eigenvalue weighted by molar-refractivity contribution is 0.274. The summed E-state index contributed by atoms with van der Waals surface area (Å²) < 4.78 is 39.8. The van der Waals surface area contributed by atoms with Crippen molar-refractivity contribution in [3.63, 3.8) is 0 Å². The van der Waals surface area contributed by atoms with Crippen LogP contribution in [0.25, 0.3) is 11.0 Å². The second kappa shape index (κ2) is 7.57. The molecule has 0 atom stereocenters. The first-order chi connectivity index (χ1) is 14.0. The average Bonchev–Trinajstić information content (AvgIpc) is 3.08. The molecule has 0 unspecified atom stereocenters. The van der Waals surface area contributed by atoms with Crippen molar-refractivity contribution in [2.24, 2.45) is 0 Å². The molecule has 0 amide bonds. The molecule has 1 aliphatic heterocycles. The fourth-order valence-electron chi connectivity index (χ4n) is 3.90. The summed E-state index contributed by atoms with van der Waals surface area (Å²) in [7, 11) is -0.688. The first-order valence-corrected chi connectivity index (χ1v) is 10.8. The van der Waals surface area contributed by atoms with Gasteiger partial charge < -0.3 is 14.5 Å². The number of para-hydroxylation sites is 2. The Labute approximate surface area is 168 Å². The molecule has 29 heavy (non-hydrogen) atoms. The zero-order chi connectivity index (χ0) is 20.6. The number of aromatic amines is 1. The average molecular weight is 417 g/mol. The van der Waals surface area contributed by atoms with Gasteiger partial charge in [-0.3, -0.25) is 4.57 Å². The summed E-state index contributed by atoms with van der Waals surface area (Å²) >= 11 is 0. The molecule has 1 saturated heterocycles. The van der Waals surface area contributed by atoms with Crippen LogP contribution >= 0.6 is 0 Å². The van der Waals surface area contributed by atoms with Gasteiger partial charge in [0.25, 0.3) is 0 Å². The maximum absolute atomic E-state index is 13.1. The van der Waals surface area contributed by atoms with E-state index < -0.39 is 10.0 Å². The third kappa shape index (κ3) is 3.40. The Morgan fingerprint density at radius 1 is 1.00 bits per heavy atom. The van der Waals surface area contributed by atoms with Crippen LogP contribution in [0.15, 0.2) is 52.2 Å². The summed E-state index contributed by atoms with van der Waals surface area (Å²) in [5.74, 6) is 0.845. The monoisotopic (exact) mass is 417 g/mol. The van der Waals surface area contributed by atoms with E-state index >= 15 is 0 Å². The minimum atomic E-state index is -3.66. The van der Waals surface area contributed by atoms with Gasteiger partial charge in [0.05, 0.1) is 30.1 Å². The van der Waals surface area contributed by atoms with E-state index in [1.807, 2.05) is 24.3 Å². The maximum Gasteiger partial charge on any atom is 0.326 e. The molecule has 4 rings (SSSR count). The van der Waals surface area contributed by atoms with Gasteiger partial charge in [-0.05, 0) is 37.1 Å². The normalized spacial score (nSPS) is 16.2. The van der Waals surface area contributed by atoms with Crippen molar-refractivity contribution in [1.29, 1.82) is 0 Å². The molecule has 0 spiro atoms. The Kier molecular flexibility index (Phi) is 5.10. The molecule has 8 nitrogen and oxygen atoms in total. The molecular formula is C20H23N3O5S. The van der Waals surface area contributed by atoms with E-state index in [0.717, 1.165) is 11.0 Å². The number of ether oxygens (including phenoxy) is 2. The number of piperidine rings is 1. The van der Waals surface area contributed by atoms with Crippen LogP contribution < -0.4 is 15.2 Å². The van der Waals surface area contributed by atoms with Gasteiger partial charge in [0.2, 0.25) is 10.0 Å². The van der Waals surface area contributed by atoms with Crippen LogP contribution in [0.4, 0.5) is 0 Å². The smallest absolute Gasteiger partial charge is 0.326 e. The van der Waals surface area contributed by atoms with Crippen LogP contribution in [0.1, 0.15) is 18.9 Å².